The molecule has 0 spiro atoms. The van der Waals surface area contributed by atoms with Gasteiger partial charge in [-0.05, 0) is 13.8 Å². The third-order valence-electron chi connectivity index (χ3n) is 2.61. The summed E-state index contributed by atoms with van der Waals surface area (Å²) in [6.07, 6.45) is 0. The van der Waals surface area contributed by atoms with Crippen LogP contribution in [0.4, 0.5) is 0 Å². The van der Waals surface area contributed by atoms with Crippen molar-refractivity contribution in [2.75, 3.05) is 20.3 Å². The van der Waals surface area contributed by atoms with Crippen molar-refractivity contribution in [1.82, 2.24) is 15.6 Å². The van der Waals surface area contributed by atoms with E-state index in [1.54, 1.807) is 18.4 Å². The molecule has 1 unspecified atom stereocenters. The zero-order valence-electron chi connectivity index (χ0n) is 13.5. The van der Waals surface area contributed by atoms with Gasteiger partial charge in [-0.2, -0.15) is 0 Å². The average Bonchev–Trinajstić information content (AvgIpc) is 2.85. The van der Waals surface area contributed by atoms with E-state index in [2.05, 4.69) is 53.7 Å². The Kier molecular flexibility index (Phi) is 11.0. The number of methoxy groups -OCH3 is 1. The van der Waals surface area contributed by atoms with Crippen LogP contribution in [0, 0.1) is 0 Å². The summed E-state index contributed by atoms with van der Waals surface area (Å²) < 4.78 is 5.12. The minimum atomic E-state index is 0. The topological polar surface area (TPSA) is 58.5 Å². The first kappa shape index (κ1) is 20.6. The predicted molar refractivity (Wildman–Crippen MR) is 101 cm³/mol. The van der Waals surface area contributed by atoms with E-state index in [0.29, 0.717) is 19.1 Å². The standard InChI is InChI=1S/C14H26N4OS.HI/c1-6-15-14(17-11(4)8-19-5)16-7-12-9-20-13(18-12)10(2)3;/h9-11H,6-8H2,1-5H3,(H2,15,16,17);1H. The molecule has 1 rings (SSSR count). The molecule has 5 nitrogen and oxygen atoms in total. The Hall–Kier alpha value is -0.410. The highest BCUT2D eigenvalue weighted by Gasteiger charge is 2.07. The zero-order chi connectivity index (χ0) is 15.0. The highest BCUT2D eigenvalue weighted by molar-refractivity contribution is 14.0. The third kappa shape index (κ3) is 7.96. The first-order valence-electron chi connectivity index (χ1n) is 7.04. The molecule has 0 amide bonds. The van der Waals surface area contributed by atoms with Crippen LogP contribution in [0.5, 0.6) is 0 Å². The summed E-state index contributed by atoms with van der Waals surface area (Å²) in [6, 6.07) is 0.222. The normalized spacial score (nSPS) is 13.0. The summed E-state index contributed by atoms with van der Waals surface area (Å²) in [4.78, 5) is 9.15. The van der Waals surface area contributed by atoms with Gasteiger partial charge >= 0.3 is 0 Å². The van der Waals surface area contributed by atoms with Gasteiger partial charge in [0.05, 0.1) is 23.9 Å². The van der Waals surface area contributed by atoms with Crippen LogP contribution in [0.25, 0.3) is 0 Å². The number of thiazole rings is 1. The monoisotopic (exact) mass is 426 g/mol. The molecule has 0 aliphatic heterocycles. The van der Waals surface area contributed by atoms with Gasteiger partial charge < -0.3 is 15.4 Å². The first-order valence-corrected chi connectivity index (χ1v) is 7.92. The number of hydrogen-bond donors (Lipinski definition) is 2. The summed E-state index contributed by atoms with van der Waals surface area (Å²) in [5, 5.41) is 9.79. The predicted octanol–water partition coefficient (Wildman–Crippen LogP) is 2.97. The number of halogens is 1. The van der Waals surface area contributed by atoms with Crippen molar-refractivity contribution in [2.24, 2.45) is 4.99 Å². The molecule has 0 aliphatic rings. The summed E-state index contributed by atoms with van der Waals surface area (Å²) in [5.74, 6) is 1.28. The molecule has 1 atom stereocenters. The van der Waals surface area contributed by atoms with Crippen LogP contribution in [0.3, 0.4) is 0 Å². The van der Waals surface area contributed by atoms with Gasteiger partial charge in [-0.1, -0.05) is 13.8 Å². The van der Waals surface area contributed by atoms with Crippen LogP contribution in [0.1, 0.15) is 44.3 Å². The summed E-state index contributed by atoms with van der Waals surface area (Å²) >= 11 is 1.70. The van der Waals surface area contributed by atoms with E-state index < -0.39 is 0 Å². The Balaban J connectivity index is 0.00000400. The maximum Gasteiger partial charge on any atom is 0.191 e. The van der Waals surface area contributed by atoms with E-state index in [0.717, 1.165) is 18.2 Å². The van der Waals surface area contributed by atoms with Crippen LogP contribution in [-0.2, 0) is 11.3 Å². The zero-order valence-corrected chi connectivity index (χ0v) is 16.6. The van der Waals surface area contributed by atoms with E-state index in [-0.39, 0.29) is 30.0 Å². The van der Waals surface area contributed by atoms with Gasteiger partial charge in [0.1, 0.15) is 0 Å². The van der Waals surface area contributed by atoms with Gasteiger partial charge in [0, 0.05) is 31.0 Å². The van der Waals surface area contributed by atoms with Crippen molar-refractivity contribution in [2.45, 2.75) is 46.2 Å². The number of guanidine groups is 1. The second-order valence-electron chi connectivity index (χ2n) is 5.03. The van der Waals surface area contributed by atoms with Crippen molar-refractivity contribution < 1.29 is 4.74 Å². The first-order chi connectivity index (χ1) is 9.56. The quantitative estimate of drug-likeness (QED) is 0.400. The maximum absolute atomic E-state index is 5.12. The highest BCUT2D eigenvalue weighted by atomic mass is 127. The van der Waals surface area contributed by atoms with Crippen LogP contribution >= 0.6 is 35.3 Å². The van der Waals surface area contributed by atoms with Gasteiger partial charge in [0.25, 0.3) is 0 Å². The average molecular weight is 426 g/mol. The lowest BCUT2D eigenvalue weighted by atomic mass is 10.2. The lowest BCUT2D eigenvalue weighted by molar-refractivity contribution is 0.179. The number of ether oxygens (including phenoxy) is 1. The number of aromatic nitrogens is 1. The molecule has 0 bridgehead atoms. The molecule has 0 aliphatic carbocycles. The number of rotatable bonds is 7. The maximum atomic E-state index is 5.12. The molecule has 1 aromatic rings. The highest BCUT2D eigenvalue weighted by Crippen LogP contribution is 2.19. The van der Waals surface area contributed by atoms with Crippen LogP contribution in [0.2, 0.25) is 0 Å². The Labute approximate surface area is 149 Å². The van der Waals surface area contributed by atoms with E-state index in [1.165, 1.54) is 5.01 Å². The number of nitrogens with zero attached hydrogens (tertiary/aromatic N) is 2. The number of hydrogen-bond acceptors (Lipinski definition) is 4. The molecule has 7 heteroatoms. The Morgan fingerprint density at radius 2 is 2.14 bits per heavy atom. The van der Waals surface area contributed by atoms with Gasteiger partial charge in [0.15, 0.2) is 5.96 Å². The molecule has 1 heterocycles. The Morgan fingerprint density at radius 3 is 2.67 bits per heavy atom. The molecule has 0 aromatic carbocycles. The fourth-order valence-electron chi connectivity index (χ4n) is 1.67. The third-order valence-corrected chi connectivity index (χ3v) is 3.80. The van der Waals surface area contributed by atoms with Crippen molar-refractivity contribution in [3.05, 3.63) is 16.1 Å². The van der Waals surface area contributed by atoms with Crippen molar-refractivity contribution in [3.8, 4) is 0 Å². The lowest BCUT2D eigenvalue weighted by Gasteiger charge is -2.16. The van der Waals surface area contributed by atoms with Gasteiger partial charge in [-0.25, -0.2) is 9.98 Å². The fraction of sp³-hybridized carbons (Fsp3) is 0.714. The van der Waals surface area contributed by atoms with E-state index in [4.69, 9.17) is 4.74 Å². The van der Waals surface area contributed by atoms with Crippen LogP contribution in [0.15, 0.2) is 10.4 Å². The van der Waals surface area contributed by atoms with E-state index >= 15 is 0 Å². The second-order valence-corrected chi connectivity index (χ2v) is 5.92. The van der Waals surface area contributed by atoms with Crippen molar-refractivity contribution >= 4 is 41.3 Å². The molecule has 0 saturated carbocycles. The van der Waals surface area contributed by atoms with Crippen molar-refractivity contribution in [3.63, 3.8) is 0 Å². The Bertz CT molecular complexity index is 423. The number of nitrogens with one attached hydrogen (secondary N) is 2. The molecule has 122 valence electrons. The van der Waals surface area contributed by atoms with Crippen LogP contribution in [-0.4, -0.2) is 37.2 Å². The minimum absolute atomic E-state index is 0. The SMILES string of the molecule is CCNC(=NCc1csc(C(C)C)n1)NC(C)COC.I. The molecule has 0 radical (unpaired) electrons. The molecular weight excluding hydrogens is 399 g/mol. The molecule has 0 fully saturated rings. The molecule has 1 aromatic heterocycles. The van der Waals surface area contributed by atoms with E-state index in [1.807, 2.05) is 0 Å². The smallest absolute Gasteiger partial charge is 0.191 e. The van der Waals surface area contributed by atoms with Gasteiger partial charge in [-0.3, -0.25) is 0 Å². The largest absolute Gasteiger partial charge is 0.383 e. The summed E-state index contributed by atoms with van der Waals surface area (Å²) in [5.41, 5.74) is 1.02. The molecule has 0 saturated heterocycles. The molecule has 21 heavy (non-hydrogen) atoms. The minimum Gasteiger partial charge on any atom is -0.383 e. The van der Waals surface area contributed by atoms with Gasteiger partial charge in [-0.15, -0.1) is 35.3 Å². The molecule has 2 N–H and O–H groups in total. The van der Waals surface area contributed by atoms with Gasteiger partial charge in [0.2, 0.25) is 0 Å². The van der Waals surface area contributed by atoms with Crippen molar-refractivity contribution in [1.29, 1.82) is 0 Å². The van der Waals surface area contributed by atoms with E-state index in [9.17, 15) is 0 Å². The lowest BCUT2D eigenvalue weighted by Crippen LogP contribution is -2.43. The number of aliphatic imine (C=N–C) groups is 1. The summed E-state index contributed by atoms with van der Waals surface area (Å²) in [6.45, 7) is 10.5. The molecular formula is C14H27IN4OS. The summed E-state index contributed by atoms with van der Waals surface area (Å²) in [7, 11) is 1.70. The fourth-order valence-corrected chi connectivity index (χ4v) is 2.49. The Morgan fingerprint density at radius 1 is 1.43 bits per heavy atom. The van der Waals surface area contributed by atoms with Crippen LogP contribution < -0.4 is 10.6 Å². The second kappa shape index (κ2) is 11.2.